The molecule has 1 aliphatic rings. The number of nitrogens with zero attached hydrogens (tertiary/aromatic N) is 3. The van der Waals surface area contributed by atoms with E-state index in [4.69, 9.17) is 16.3 Å². The zero-order valence-electron chi connectivity index (χ0n) is 17.1. The molecule has 8 heteroatoms. The second-order valence-corrected chi connectivity index (χ2v) is 7.63. The van der Waals surface area contributed by atoms with E-state index in [0.717, 1.165) is 37.5 Å². The minimum atomic E-state index is -0.0226. The summed E-state index contributed by atoms with van der Waals surface area (Å²) in [6.07, 6.45) is 2.06. The Morgan fingerprint density at radius 2 is 1.96 bits per heavy atom. The minimum Gasteiger partial charge on any atom is -0.383 e. The van der Waals surface area contributed by atoms with E-state index in [-0.39, 0.29) is 12.5 Å². The molecule has 1 fully saturated rings. The Morgan fingerprint density at radius 3 is 2.57 bits per heavy atom. The number of hydrogen-bond donors (Lipinski definition) is 2. The van der Waals surface area contributed by atoms with Crippen molar-refractivity contribution in [2.24, 2.45) is 4.99 Å². The standard InChI is InChI=1S/C20H32ClN5O2/c1-25(2)19(27)14-23-20(22-10-13-28-3)24-18-8-11-26(12-9-18)15-16-4-6-17(21)7-5-16/h4-7,18H,8-15H2,1-3H3,(H2,22,23,24). The predicted molar refractivity (Wildman–Crippen MR) is 114 cm³/mol. The van der Waals surface area contributed by atoms with Gasteiger partial charge in [0.1, 0.15) is 6.54 Å². The van der Waals surface area contributed by atoms with Gasteiger partial charge in [-0.3, -0.25) is 9.69 Å². The molecule has 1 aromatic rings. The third kappa shape index (κ3) is 8.04. The Labute approximate surface area is 173 Å². The molecule has 0 bridgehead atoms. The van der Waals surface area contributed by atoms with Gasteiger partial charge >= 0.3 is 0 Å². The van der Waals surface area contributed by atoms with Gasteiger partial charge in [0.05, 0.1) is 6.61 Å². The number of methoxy groups -OCH3 is 1. The molecule has 1 aliphatic heterocycles. The fourth-order valence-electron chi connectivity index (χ4n) is 2.99. The summed E-state index contributed by atoms with van der Waals surface area (Å²) in [7, 11) is 5.14. The lowest BCUT2D eigenvalue weighted by Gasteiger charge is -2.33. The highest BCUT2D eigenvalue weighted by atomic mass is 35.5. The molecule has 28 heavy (non-hydrogen) atoms. The van der Waals surface area contributed by atoms with Crippen LogP contribution in [0.15, 0.2) is 29.3 Å². The van der Waals surface area contributed by atoms with Crippen molar-refractivity contribution < 1.29 is 9.53 Å². The van der Waals surface area contributed by atoms with Crippen molar-refractivity contribution >= 4 is 23.5 Å². The second kappa shape index (κ2) is 11.9. The number of halogens is 1. The maximum absolute atomic E-state index is 11.8. The summed E-state index contributed by atoms with van der Waals surface area (Å²) < 4.78 is 5.09. The number of hydrogen-bond acceptors (Lipinski definition) is 4. The lowest BCUT2D eigenvalue weighted by molar-refractivity contribution is -0.127. The van der Waals surface area contributed by atoms with E-state index in [1.807, 2.05) is 12.1 Å². The van der Waals surface area contributed by atoms with Crippen molar-refractivity contribution in [1.82, 2.24) is 20.4 Å². The Hall–Kier alpha value is -1.83. The molecule has 7 nitrogen and oxygen atoms in total. The number of amides is 1. The van der Waals surface area contributed by atoms with Crippen molar-refractivity contribution in [1.29, 1.82) is 0 Å². The quantitative estimate of drug-likeness (QED) is 0.387. The van der Waals surface area contributed by atoms with Gasteiger partial charge in [0, 0.05) is 58.4 Å². The first-order valence-electron chi connectivity index (χ1n) is 9.68. The van der Waals surface area contributed by atoms with E-state index < -0.39 is 0 Å². The van der Waals surface area contributed by atoms with E-state index in [1.54, 1.807) is 26.1 Å². The Bertz CT molecular complexity index is 628. The summed E-state index contributed by atoms with van der Waals surface area (Å²) in [6.45, 7) is 4.33. The number of likely N-dealkylation sites (tertiary alicyclic amines) is 1. The number of piperidine rings is 1. The molecule has 0 aromatic heterocycles. The van der Waals surface area contributed by atoms with Crippen molar-refractivity contribution in [2.75, 3.05) is 54.0 Å². The molecule has 0 unspecified atom stereocenters. The molecular weight excluding hydrogens is 378 g/mol. The SMILES string of the molecule is COCCNC(=NCC(=O)N(C)C)NC1CCN(Cc2ccc(Cl)cc2)CC1. The van der Waals surface area contributed by atoms with Gasteiger partial charge in [0.25, 0.3) is 0 Å². The van der Waals surface area contributed by atoms with Crippen LogP contribution in [0.3, 0.4) is 0 Å². The number of guanidine groups is 1. The molecule has 2 N–H and O–H groups in total. The van der Waals surface area contributed by atoms with E-state index in [0.29, 0.717) is 25.2 Å². The van der Waals surface area contributed by atoms with Crippen LogP contribution in [-0.2, 0) is 16.1 Å². The van der Waals surface area contributed by atoms with Gasteiger partial charge in [-0.2, -0.15) is 0 Å². The largest absolute Gasteiger partial charge is 0.383 e. The Balaban J connectivity index is 1.82. The van der Waals surface area contributed by atoms with Crippen LogP contribution in [0.5, 0.6) is 0 Å². The van der Waals surface area contributed by atoms with Gasteiger partial charge in [-0.25, -0.2) is 4.99 Å². The van der Waals surface area contributed by atoms with Crippen LogP contribution in [0.1, 0.15) is 18.4 Å². The second-order valence-electron chi connectivity index (χ2n) is 7.19. The van der Waals surface area contributed by atoms with Crippen molar-refractivity contribution in [3.8, 4) is 0 Å². The molecule has 0 radical (unpaired) electrons. The van der Waals surface area contributed by atoms with Crippen LogP contribution in [0.4, 0.5) is 0 Å². The summed E-state index contributed by atoms with van der Waals surface area (Å²) in [5.74, 6) is 0.647. The predicted octanol–water partition coefficient (Wildman–Crippen LogP) is 1.57. The van der Waals surface area contributed by atoms with Crippen molar-refractivity contribution in [3.63, 3.8) is 0 Å². The number of nitrogens with one attached hydrogen (secondary N) is 2. The molecule has 1 amide bonds. The molecule has 1 saturated heterocycles. The highest BCUT2D eigenvalue weighted by molar-refractivity contribution is 6.30. The summed E-state index contributed by atoms with van der Waals surface area (Å²) >= 11 is 5.96. The molecule has 0 saturated carbocycles. The molecule has 156 valence electrons. The normalized spacial score (nSPS) is 16.1. The Morgan fingerprint density at radius 1 is 1.29 bits per heavy atom. The van der Waals surface area contributed by atoms with Crippen LogP contribution in [0.25, 0.3) is 0 Å². The smallest absolute Gasteiger partial charge is 0.243 e. The fourth-order valence-corrected chi connectivity index (χ4v) is 3.11. The first-order chi connectivity index (χ1) is 13.5. The highest BCUT2D eigenvalue weighted by Crippen LogP contribution is 2.16. The topological polar surface area (TPSA) is 69.2 Å². The van der Waals surface area contributed by atoms with E-state index >= 15 is 0 Å². The van der Waals surface area contributed by atoms with E-state index in [9.17, 15) is 4.79 Å². The monoisotopic (exact) mass is 409 g/mol. The van der Waals surface area contributed by atoms with Crippen LogP contribution in [-0.4, -0.2) is 81.7 Å². The zero-order chi connectivity index (χ0) is 20.4. The fraction of sp³-hybridized carbons (Fsp3) is 0.600. The lowest BCUT2D eigenvalue weighted by atomic mass is 10.0. The summed E-state index contributed by atoms with van der Waals surface area (Å²) in [4.78, 5) is 20.3. The summed E-state index contributed by atoms with van der Waals surface area (Å²) in [5.41, 5.74) is 1.28. The van der Waals surface area contributed by atoms with Gasteiger partial charge in [-0.05, 0) is 30.5 Å². The number of carbonyl (C=O) groups is 1. The number of rotatable bonds is 8. The average molecular weight is 410 g/mol. The maximum Gasteiger partial charge on any atom is 0.243 e. The molecule has 1 aromatic carbocycles. The Kier molecular flexibility index (Phi) is 9.54. The summed E-state index contributed by atoms with van der Waals surface area (Å²) in [5, 5.41) is 7.48. The third-order valence-electron chi connectivity index (χ3n) is 4.72. The number of aliphatic imine (C=N–C) groups is 1. The summed E-state index contributed by atoms with van der Waals surface area (Å²) in [6, 6.07) is 8.38. The van der Waals surface area contributed by atoms with E-state index in [2.05, 4.69) is 32.7 Å². The number of benzene rings is 1. The number of likely N-dealkylation sites (N-methyl/N-ethyl adjacent to an activating group) is 1. The van der Waals surface area contributed by atoms with Crippen LogP contribution in [0.2, 0.25) is 5.02 Å². The first-order valence-corrected chi connectivity index (χ1v) is 10.1. The maximum atomic E-state index is 11.8. The van der Waals surface area contributed by atoms with Crippen LogP contribution >= 0.6 is 11.6 Å². The van der Waals surface area contributed by atoms with Crippen molar-refractivity contribution in [3.05, 3.63) is 34.9 Å². The minimum absolute atomic E-state index is 0.0226. The average Bonchev–Trinajstić information content (AvgIpc) is 2.69. The van der Waals surface area contributed by atoms with E-state index in [1.165, 1.54) is 5.56 Å². The van der Waals surface area contributed by atoms with Gasteiger partial charge < -0.3 is 20.3 Å². The molecule has 2 rings (SSSR count). The zero-order valence-corrected chi connectivity index (χ0v) is 17.8. The molecule has 0 atom stereocenters. The van der Waals surface area contributed by atoms with Gasteiger partial charge in [-0.15, -0.1) is 0 Å². The van der Waals surface area contributed by atoms with Gasteiger partial charge in [0.15, 0.2) is 5.96 Å². The molecule has 0 aliphatic carbocycles. The van der Waals surface area contributed by atoms with Crippen molar-refractivity contribution in [2.45, 2.75) is 25.4 Å². The lowest BCUT2D eigenvalue weighted by Crippen LogP contribution is -2.49. The number of carbonyl (C=O) groups excluding carboxylic acids is 1. The van der Waals surface area contributed by atoms with Gasteiger partial charge in [0.2, 0.25) is 5.91 Å². The van der Waals surface area contributed by atoms with Crippen LogP contribution < -0.4 is 10.6 Å². The molecule has 1 heterocycles. The van der Waals surface area contributed by atoms with Gasteiger partial charge in [-0.1, -0.05) is 23.7 Å². The third-order valence-corrected chi connectivity index (χ3v) is 4.97. The highest BCUT2D eigenvalue weighted by Gasteiger charge is 2.20. The molecule has 0 spiro atoms. The molecular formula is C20H32ClN5O2. The number of ether oxygens (including phenoxy) is 1. The van der Waals surface area contributed by atoms with Crippen LogP contribution in [0, 0.1) is 0 Å². The first kappa shape index (κ1) is 22.5.